The Bertz CT molecular complexity index is 526. The molecule has 1 N–H and O–H groups in total. The van der Waals surface area contributed by atoms with Crippen molar-refractivity contribution in [3.8, 4) is 17.2 Å². The van der Waals surface area contributed by atoms with Gasteiger partial charge in [-0.2, -0.15) is 0 Å². The molecule has 5 nitrogen and oxygen atoms in total. The van der Waals surface area contributed by atoms with Gasteiger partial charge in [0.25, 0.3) is 0 Å². The molecule has 1 aromatic carbocycles. The van der Waals surface area contributed by atoms with Crippen molar-refractivity contribution in [2.45, 2.75) is 12.2 Å². The first-order chi connectivity index (χ1) is 7.96. The number of fused-ring (bicyclic) bond motifs is 1. The zero-order valence-electron chi connectivity index (χ0n) is 8.85. The van der Waals surface area contributed by atoms with E-state index in [-0.39, 0.29) is 11.3 Å². The van der Waals surface area contributed by atoms with Gasteiger partial charge in [-0.1, -0.05) is 0 Å². The Morgan fingerprint density at radius 1 is 1.24 bits per heavy atom. The molecule has 2 rings (SSSR count). The highest BCUT2D eigenvalue weighted by molar-refractivity contribution is 8.13. The van der Waals surface area contributed by atoms with Crippen molar-refractivity contribution in [3.05, 3.63) is 17.7 Å². The average Bonchev–Trinajstić information content (AvgIpc) is 2.41. The van der Waals surface area contributed by atoms with Gasteiger partial charge < -0.3 is 14.6 Å². The first kappa shape index (κ1) is 12.3. The molecule has 0 saturated carbocycles. The van der Waals surface area contributed by atoms with Crippen LogP contribution in [-0.4, -0.2) is 26.7 Å². The molecule has 1 heterocycles. The predicted octanol–water partition coefficient (Wildman–Crippen LogP) is 1.62. The van der Waals surface area contributed by atoms with Crippen molar-refractivity contribution >= 4 is 19.7 Å². The lowest BCUT2D eigenvalue weighted by molar-refractivity contribution is 0.296. The summed E-state index contributed by atoms with van der Waals surface area (Å²) in [5, 5.41) is 9.66. The number of ether oxygens (including phenoxy) is 2. The van der Waals surface area contributed by atoms with E-state index in [0.717, 1.165) is 6.42 Å². The second-order valence-electron chi connectivity index (χ2n) is 3.66. The summed E-state index contributed by atoms with van der Waals surface area (Å²) in [6, 6.07) is 2.79. The van der Waals surface area contributed by atoms with Crippen molar-refractivity contribution < 1.29 is 23.0 Å². The van der Waals surface area contributed by atoms with E-state index in [9.17, 15) is 13.5 Å². The molecule has 0 atom stereocenters. The molecular formula is C10H11ClO5S. The normalized spacial score (nSPS) is 15.4. The third-order valence-corrected chi connectivity index (χ3v) is 3.26. The summed E-state index contributed by atoms with van der Waals surface area (Å²) >= 11 is 0. The second kappa shape index (κ2) is 4.62. The van der Waals surface area contributed by atoms with Gasteiger partial charge in [0.15, 0.2) is 11.5 Å². The van der Waals surface area contributed by atoms with Gasteiger partial charge in [0.1, 0.15) is 5.75 Å². The number of halogens is 1. The van der Waals surface area contributed by atoms with E-state index in [1.807, 2.05) is 0 Å². The summed E-state index contributed by atoms with van der Waals surface area (Å²) < 4.78 is 32.7. The molecule has 1 aromatic rings. The molecule has 0 aliphatic carbocycles. The maximum atomic E-state index is 11.0. The first-order valence-electron chi connectivity index (χ1n) is 4.99. The van der Waals surface area contributed by atoms with Crippen LogP contribution in [-0.2, 0) is 14.8 Å². The highest BCUT2D eigenvalue weighted by Gasteiger charge is 2.17. The number of phenols is 1. The van der Waals surface area contributed by atoms with Crippen LogP contribution in [0.1, 0.15) is 12.0 Å². The van der Waals surface area contributed by atoms with E-state index < -0.39 is 14.8 Å². The van der Waals surface area contributed by atoms with Crippen LogP contribution in [0.3, 0.4) is 0 Å². The topological polar surface area (TPSA) is 72.8 Å². The largest absolute Gasteiger partial charge is 0.507 e. The number of aromatic hydroxyl groups is 1. The molecule has 0 fully saturated rings. The van der Waals surface area contributed by atoms with E-state index in [0.29, 0.717) is 24.7 Å². The monoisotopic (exact) mass is 278 g/mol. The third kappa shape index (κ3) is 3.17. The van der Waals surface area contributed by atoms with Gasteiger partial charge in [-0.05, 0) is 6.07 Å². The van der Waals surface area contributed by atoms with Crippen LogP contribution in [0.5, 0.6) is 17.2 Å². The Kier molecular flexibility index (Phi) is 3.35. The van der Waals surface area contributed by atoms with E-state index >= 15 is 0 Å². The van der Waals surface area contributed by atoms with E-state index in [2.05, 4.69) is 0 Å². The second-order valence-corrected chi connectivity index (χ2v) is 6.44. The molecule has 0 saturated heterocycles. The number of hydrogen-bond acceptors (Lipinski definition) is 5. The zero-order chi connectivity index (χ0) is 12.5. The number of hydrogen-bond donors (Lipinski definition) is 1. The van der Waals surface area contributed by atoms with Gasteiger partial charge >= 0.3 is 0 Å². The summed E-state index contributed by atoms with van der Waals surface area (Å²) in [7, 11) is 1.42. The summed E-state index contributed by atoms with van der Waals surface area (Å²) in [6.07, 6.45) is 0.735. The van der Waals surface area contributed by atoms with Gasteiger partial charge in [-0.3, -0.25) is 0 Å². The van der Waals surface area contributed by atoms with Crippen LogP contribution in [0.2, 0.25) is 0 Å². The van der Waals surface area contributed by atoms with Crippen LogP contribution < -0.4 is 9.47 Å². The third-order valence-electron chi connectivity index (χ3n) is 2.28. The Morgan fingerprint density at radius 2 is 1.82 bits per heavy atom. The van der Waals surface area contributed by atoms with E-state index in [1.54, 1.807) is 0 Å². The zero-order valence-corrected chi connectivity index (χ0v) is 10.4. The summed E-state index contributed by atoms with van der Waals surface area (Å²) in [5.74, 6) is 0.224. The van der Waals surface area contributed by atoms with Crippen molar-refractivity contribution in [1.29, 1.82) is 0 Å². The van der Waals surface area contributed by atoms with Crippen molar-refractivity contribution in [3.63, 3.8) is 0 Å². The fraction of sp³-hybridized carbons (Fsp3) is 0.400. The van der Waals surface area contributed by atoms with Gasteiger partial charge in [-0.15, -0.1) is 0 Å². The summed E-state index contributed by atoms with van der Waals surface area (Å²) in [6.45, 7) is 0.991. The van der Waals surface area contributed by atoms with Crippen LogP contribution in [0.4, 0.5) is 0 Å². The Morgan fingerprint density at radius 3 is 2.41 bits per heavy atom. The molecule has 0 amide bonds. The highest BCUT2D eigenvalue weighted by atomic mass is 35.7. The molecule has 0 radical (unpaired) electrons. The minimum Gasteiger partial charge on any atom is -0.507 e. The molecule has 0 unspecified atom stereocenters. The van der Waals surface area contributed by atoms with Gasteiger partial charge in [0, 0.05) is 28.7 Å². The Hall–Kier alpha value is -1.14. The number of phenolic OH excluding ortho intramolecular Hbond substituents is 1. The minimum absolute atomic E-state index is 0.168. The predicted molar refractivity (Wildman–Crippen MR) is 62.2 cm³/mol. The van der Waals surface area contributed by atoms with Crippen molar-refractivity contribution in [2.24, 2.45) is 0 Å². The van der Waals surface area contributed by atoms with Crippen LogP contribution >= 0.6 is 10.7 Å². The van der Waals surface area contributed by atoms with Crippen LogP contribution in [0.25, 0.3) is 0 Å². The van der Waals surface area contributed by atoms with Gasteiger partial charge in [-0.25, -0.2) is 8.42 Å². The fourth-order valence-corrected chi connectivity index (χ4v) is 2.50. The van der Waals surface area contributed by atoms with Crippen molar-refractivity contribution in [1.82, 2.24) is 0 Å². The number of benzene rings is 1. The van der Waals surface area contributed by atoms with Crippen LogP contribution in [0, 0.1) is 0 Å². The Balaban J connectivity index is 2.39. The maximum Gasteiger partial charge on any atom is 0.236 e. The fourth-order valence-electron chi connectivity index (χ4n) is 1.54. The lowest BCUT2D eigenvalue weighted by atomic mass is 10.2. The van der Waals surface area contributed by atoms with E-state index in [4.69, 9.17) is 20.2 Å². The standard InChI is InChI=1S/C10H11ClO5S/c11-17(13,14)6-7-4-9-10(5-8(7)12)16-3-1-2-15-9/h4-5,12H,1-3,6H2. The lowest BCUT2D eigenvalue weighted by Gasteiger charge is -2.10. The van der Waals surface area contributed by atoms with Gasteiger partial charge in [0.05, 0.1) is 19.0 Å². The maximum absolute atomic E-state index is 11.0. The molecule has 17 heavy (non-hydrogen) atoms. The van der Waals surface area contributed by atoms with Crippen molar-refractivity contribution in [2.75, 3.05) is 13.2 Å². The number of rotatable bonds is 2. The smallest absolute Gasteiger partial charge is 0.236 e. The first-order valence-corrected chi connectivity index (χ1v) is 7.47. The quantitative estimate of drug-likeness (QED) is 0.832. The average molecular weight is 279 g/mol. The van der Waals surface area contributed by atoms with Gasteiger partial charge in [0.2, 0.25) is 9.05 Å². The molecular weight excluding hydrogens is 268 g/mol. The SMILES string of the molecule is O=S(=O)(Cl)Cc1cc2c(cc1O)OCCCO2. The minimum atomic E-state index is -3.72. The molecule has 0 spiro atoms. The molecule has 0 bridgehead atoms. The molecule has 0 aromatic heterocycles. The highest BCUT2D eigenvalue weighted by Crippen LogP contribution is 2.36. The molecule has 1 aliphatic rings. The molecule has 7 heteroatoms. The molecule has 1 aliphatic heterocycles. The van der Waals surface area contributed by atoms with E-state index in [1.165, 1.54) is 12.1 Å². The van der Waals surface area contributed by atoms with Crippen LogP contribution in [0.15, 0.2) is 12.1 Å². The molecule has 94 valence electrons. The lowest BCUT2D eigenvalue weighted by Crippen LogP contribution is -1.98. The summed E-state index contributed by atoms with van der Waals surface area (Å²) in [4.78, 5) is 0. The Labute approximate surface area is 103 Å². The summed E-state index contributed by atoms with van der Waals surface area (Å²) in [5.41, 5.74) is 0.198.